The van der Waals surface area contributed by atoms with Gasteiger partial charge in [-0.15, -0.1) is 5.10 Å². The number of alkyl halides is 4. The van der Waals surface area contributed by atoms with Gasteiger partial charge < -0.3 is 20.1 Å². The summed E-state index contributed by atoms with van der Waals surface area (Å²) in [6, 6.07) is 4.19. The van der Waals surface area contributed by atoms with E-state index in [4.69, 9.17) is 0 Å². The number of hydrogen-bond donors (Lipinski definition) is 2. The lowest BCUT2D eigenvalue weighted by Crippen LogP contribution is -2.53. The summed E-state index contributed by atoms with van der Waals surface area (Å²) in [5.41, 5.74) is 2.68. The SMILES string of the molecule is Cc1nc2ccc(-c3ccn4nc(NC5CCN(C)CC5(F)F)nc(NC(C)C)c34)nc2n1CC(F)F. The lowest BCUT2D eigenvalue weighted by molar-refractivity contribution is -0.0675. The monoisotopic (exact) mass is 519 g/mol. The van der Waals surface area contributed by atoms with E-state index < -0.39 is 24.9 Å². The molecule has 0 amide bonds. The number of rotatable bonds is 7. The van der Waals surface area contributed by atoms with Crippen LogP contribution >= 0.6 is 0 Å². The fourth-order valence-corrected chi connectivity index (χ4v) is 4.73. The van der Waals surface area contributed by atoms with Crippen LogP contribution in [0.5, 0.6) is 0 Å². The summed E-state index contributed by atoms with van der Waals surface area (Å²) in [6.07, 6.45) is -0.594. The Bertz CT molecular complexity index is 1430. The number of likely N-dealkylation sites (tertiary alicyclic amines) is 1. The van der Waals surface area contributed by atoms with Gasteiger partial charge in [-0.1, -0.05) is 0 Å². The number of imidazole rings is 1. The van der Waals surface area contributed by atoms with E-state index in [-0.39, 0.29) is 25.0 Å². The highest BCUT2D eigenvalue weighted by atomic mass is 19.3. The molecule has 0 saturated carbocycles. The highest BCUT2D eigenvalue weighted by molar-refractivity contribution is 5.89. The number of fused-ring (bicyclic) bond motifs is 2. The molecule has 0 aromatic carbocycles. The van der Waals surface area contributed by atoms with Crippen LogP contribution in [0.15, 0.2) is 24.4 Å². The summed E-state index contributed by atoms with van der Waals surface area (Å²) in [7, 11) is 1.67. The molecule has 1 unspecified atom stereocenters. The molecule has 1 saturated heterocycles. The lowest BCUT2D eigenvalue weighted by atomic mass is 10.0. The van der Waals surface area contributed by atoms with Crippen LogP contribution in [0.2, 0.25) is 0 Å². The summed E-state index contributed by atoms with van der Waals surface area (Å²) in [6.45, 7) is 5.24. The molecular weight excluding hydrogens is 490 g/mol. The van der Waals surface area contributed by atoms with Gasteiger partial charge in [0.1, 0.15) is 16.9 Å². The second kappa shape index (κ2) is 9.43. The molecule has 5 heterocycles. The topological polar surface area (TPSA) is 88.2 Å². The predicted molar refractivity (Wildman–Crippen MR) is 133 cm³/mol. The minimum atomic E-state index is -2.93. The van der Waals surface area contributed by atoms with Gasteiger partial charge in [-0.2, -0.15) is 4.98 Å². The normalized spacial score (nSPS) is 18.4. The molecule has 0 spiro atoms. The third-order valence-corrected chi connectivity index (χ3v) is 6.41. The molecule has 1 fully saturated rings. The highest BCUT2D eigenvalue weighted by Crippen LogP contribution is 2.33. The maximum atomic E-state index is 14.7. The van der Waals surface area contributed by atoms with Crippen molar-refractivity contribution in [2.24, 2.45) is 0 Å². The number of pyridine rings is 1. The fourth-order valence-electron chi connectivity index (χ4n) is 4.73. The van der Waals surface area contributed by atoms with Crippen molar-refractivity contribution < 1.29 is 17.6 Å². The van der Waals surface area contributed by atoms with Gasteiger partial charge in [0.2, 0.25) is 5.95 Å². The molecule has 0 aliphatic carbocycles. The van der Waals surface area contributed by atoms with Crippen molar-refractivity contribution in [1.82, 2.24) is 34.0 Å². The van der Waals surface area contributed by atoms with Crippen LogP contribution in [0, 0.1) is 6.92 Å². The summed E-state index contributed by atoms with van der Waals surface area (Å²) in [5.74, 6) is -1.95. The Balaban J connectivity index is 1.57. The van der Waals surface area contributed by atoms with Gasteiger partial charge in [0.25, 0.3) is 12.3 Å². The quantitative estimate of drug-likeness (QED) is 0.352. The van der Waals surface area contributed by atoms with Gasteiger partial charge in [-0.25, -0.2) is 32.0 Å². The Morgan fingerprint density at radius 2 is 1.92 bits per heavy atom. The van der Waals surface area contributed by atoms with Crippen molar-refractivity contribution in [2.45, 2.75) is 58.2 Å². The zero-order valence-electron chi connectivity index (χ0n) is 21.0. The number of halogens is 4. The molecule has 1 aliphatic rings. The molecule has 1 atom stereocenters. The van der Waals surface area contributed by atoms with Gasteiger partial charge in [0, 0.05) is 24.3 Å². The van der Waals surface area contributed by atoms with Crippen molar-refractivity contribution >= 4 is 28.4 Å². The van der Waals surface area contributed by atoms with Gasteiger partial charge >= 0.3 is 0 Å². The number of hydrogen-bond acceptors (Lipinski definition) is 7. The molecule has 5 rings (SSSR count). The van der Waals surface area contributed by atoms with E-state index in [2.05, 4.69) is 30.7 Å². The Morgan fingerprint density at radius 3 is 2.62 bits per heavy atom. The van der Waals surface area contributed by atoms with E-state index in [0.29, 0.717) is 46.1 Å². The number of piperidine rings is 1. The Kier molecular flexibility index (Phi) is 6.42. The number of aryl methyl sites for hydroxylation is 1. The molecule has 4 aromatic rings. The van der Waals surface area contributed by atoms with Crippen LogP contribution in [0.4, 0.5) is 29.3 Å². The van der Waals surface area contributed by atoms with Crippen LogP contribution in [-0.4, -0.2) is 78.6 Å². The van der Waals surface area contributed by atoms with Gasteiger partial charge in [0.15, 0.2) is 11.5 Å². The maximum absolute atomic E-state index is 14.7. The van der Waals surface area contributed by atoms with Crippen LogP contribution in [0.25, 0.3) is 27.9 Å². The largest absolute Gasteiger partial charge is 0.366 e. The molecular formula is C24H29F4N9. The minimum absolute atomic E-state index is 0.00960. The molecule has 2 N–H and O–H groups in total. The lowest BCUT2D eigenvalue weighted by Gasteiger charge is -2.36. The van der Waals surface area contributed by atoms with Gasteiger partial charge in [-0.05, 0) is 52.4 Å². The maximum Gasteiger partial charge on any atom is 0.280 e. The first-order valence-electron chi connectivity index (χ1n) is 12.1. The number of nitrogens with one attached hydrogen (secondary N) is 2. The van der Waals surface area contributed by atoms with Gasteiger partial charge in [-0.3, -0.25) is 0 Å². The average Bonchev–Trinajstić information content (AvgIpc) is 3.35. The highest BCUT2D eigenvalue weighted by Gasteiger charge is 2.44. The van der Waals surface area contributed by atoms with E-state index in [9.17, 15) is 17.6 Å². The molecule has 37 heavy (non-hydrogen) atoms. The fraction of sp³-hybridized carbons (Fsp3) is 0.500. The zero-order valence-corrected chi connectivity index (χ0v) is 21.0. The number of aromatic nitrogens is 6. The summed E-state index contributed by atoms with van der Waals surface area (Å²) in [4.78, 5) is 15.2. The van der Waals surface area contributed by atoms with E-state index in [1.807, 2.05) is 13.8 Å². The predicted octanol–water partition coefficient (Wildman–Crippen LogP) is 4.29. The zero-order chi connectivity index (χ0) is 26.5. The number of anilines is 2. The van der Waals surface area contributed by atoms with Crippen molar-refractivity contribution in [2.75, 3.05) is 30.8 Å². The molecule has 1 aliphatic heterocycles. The van der Waals surface area contributed by atoms with E-state index in [1.165, 1.54) is 4.57 Å². The second-order valence-electron chi connectivity index (χ2n) is 9.79. The minimum Gasteiger partial charge on any atom is -0.366 e. The standard InChI is InChI=1S/C24H29F4N9/c1-13(2)29-21-20-15(16-5-6-17-22(31-16)36(11-19(25)26)14(3)30-17)7-10-37(20)34-23(33-21)32-18-8-9-35(4)12-24(18,27)28/h5-7,10,13,18-19H,8-9,11-12H2,1-4H3,(H2,29,32,33,34). The first kappa shape index (κ1) is 25.2. The summed E-state index contributed by atoms with van der Waals surface area (Å²) < 4.78 is 58.6. The van der Waals surface area contributed by atoms with Crippen molar-refractivity contribution in [3.63, 3.8) is 0 Å². The summed E-state index contributed by atoms with van der Waals surface area (Å²) >= 11 is 0. The summed E-state index contributed by atoms with van der Waals surface area (Å²) in [5, 5.41) is 10.6. The van der Waals surface area contributed by atoms with Crippen LogP contribution < -0.4 is 10.6 Å². The molecule has 9 nitrogen and oxygen atoms in total. The number of nitrogens with zero attached hydrogens (tertiary/aromatic N) is 7. The smallest absolute Gasteiger partial charge is 0.280 e. The molecule has 0 radical (unpaired) electrons. The van der Waals surface area contributed by atoms with Crippen molar-refractivity contribution in [3.8, 4) is 11.3 Å². The van der Waals surface area contributed by atoms with Crippen LogP contribution in [0.1, 0.15) is 26.1 Å². The van der Waals surface area contributed by atoms with Gasteiger partial charge in [0.05, 0.1) is 24.8 Å². The molecule has 4 aromatic heterocycles. The average molecular weight is 520 g/mol. The van der Waals surface area contributed by atoms with Crippen LogP contribution in [-0.2, 0) is 6.54 Å². The Hall–Kier alpha value is -3.48. The molecule has 198 valence electrons. The second-order valence-corrected chi connectivity index (χ2v) is 9.79. The Morgan fingerprint density at radius 1 is 1.14 bits per heavy atom. The third kappa shape index (κ3) is 4.91. The third-order valence-electron chi connectivity index (χ3n) is 6.41. The van der Waals surface area contributed by atoms with E-state index in [1.54, 1.807) is 47.8 Å². The molecule has 13 heteroatoms. The first-order chi connectivity index (χ1) is 17.5. The molecule has 0 bridgehead atoms. The first-order valence-corrected chi connectivity index (χ1v) is 12.1. The van der Waals surface area contributed by atoms with E-state index >= 15 is 0 Å². The van der Waals surface area contributed by atoms with Crippen molar-refractivity contribution in [3.05, 3.63) is 30.2 Å². The van der Waals surface area contributed by atoms with Crippen molar-refractivity contribution in [1.29, 1.82) is 0 Å². The Labute approximate surface area is 210 Å². The van der Waals surface area contributed by atoms with E-state index in [0.717, 1.165) is 0 Å². The van der Waals surface area contributed by atoms with Crippen LogP contribution in [0.3, 0.4) is 0 Å².